The summed E-state index contributed by atoms with van der Waals surface area (Å²) in [7, 11) is 0. The van der Waals surface area contributed by atoms with Crippen LogP contribution in [0.5, 0.6) is 0 Å². The van der Waals surface area contributed by atoms with E-state index in [1.807, 2.05) is 20.8 Å². The van der Waals surface area contributed by atoms with Gasteiger partial charge in [-0.05, 0) is 73.6 Å². The van der Waals surface area contributed by atoms with Crippen molar-refractivity contribution in [3.63, 3.8) is 0 Å². The molecule has 0 aromatic heterocycles. The molecule has 1 aliphatic rings. The summed E-state index contributed by atoms with van der Waals surface area (Å²) in [6.45, 7) is 15.3. The molecule has 1 heterocycles. The Balaban J connectivity index is 2.37. The predicted octanol–water partition coefficient (Wildman–Crippen LogP) is 3.46. The van der Waals surface area contributed by atoms with E-state index in [1.54, 1.807) is 0 Å². The predicted molar refractivity (Wildman–Crippen MR) is 82.9 cm³/mol. The molecular weight excluding hydrogens is 252 g/mol. The van der Waals surface area contributed by atoms with Crippen LogP contribution in [0.2, 0.25) is 0 Å². The lowest BCUT2D eigenvalue weighted by Gasteiger charge is -2.46. The quantitative estimate of drug-likeness (QED) is 0.834. The molecular formula is C16H32N2O2. The van der Waals surface area contributed by atoms with Crippen LogP contribution in [0.3, 0.4) is 0 Å². The van der Waals surface area contributed by atoms with Crippen LogP contribution < -0.4 is 10.6 Å². The Hall–Kier alpha value is -0.770. The zero-order valence-corrected chi connectivity index (χ0v) is 14.2. The van der Waals surface area contributed by atoms with E-state index in [-0.39, 0.29) is 17.2 Å². The number of amides is 1. The topological polar surface area (TPSA) is 50.4 Å². The molecule has 0 spiro atoms. The van der Waals surface area contributed by atoms with Crippen LogP contribution in [0.1, 0.15) is 67.7 Å². The zero-order valence-electron chi connectivity index (χ0n) is 14.2. The van der Waals surface area contributed by atoms with Crippen molar-refractivity contribution in [3.05, 3.63) is 0 Å². The number of rotatable bonds is 3. The summed E-state index contributed by atoms with van der Waals surface area (Å²) < 4.78 is 5.25. The van der Waals surface area contributed by atoms with Gasteiger partial charge >= 0.3 is 6.09 Å². The zero-order chi connectivity index (χ0) is 15.6. The van der Waals surface area contributed by atoms with Crippen molar-refractivity contribution in [1.82, 2.24) is 10.6 Å². The maximum absolute atomic E-state index is 11.6. The van der Waals surface area contributed by atoms with Gasteiger partial charge < -0.3 is 15.4 Å². The van der Waals surface area contributed by atoms with Crippen LogP contribution in [0.15, 0.2) is 0 Å². The van der Waals surface area contributed by atoms with Gasteiger partial charge in [0.1, 0.15) is 5.60 Å². The highest BCUT2D eigenvalue weighted by Gasteiger charge is 2.37. The van der Waals surface area contributed by atoms with Crippen molar-refractivity contribution in [1.29, 1.82) is 0 Å². The van der Waals surface area contributed by atoms with Gasteiger partial charge in [0, 0.05) is 17.6 Å². The minimum atomic E-state index is -0.428. The summed E-state index contributed by atoms with van der Waals surface area (Å²) in [6.07, 6.45) is 2.98. The van der Waals surface area contributed by atoms with Gasteiger partial charge in [-0.15, -0.1) is 0 Å². The monoisotopic (exact) mass is 284 g/mol. The molecule has 2 N–H and O–H groups in total. The molecule has 0 aromatic rings. The lowest BCUT2D eigenvalue weighted by molar-refractivity contribution is 0.0519. The standard InChI is InChI=1S/C16H32N2O2/c1-14(2,3)20-13(19)17-9-8-12-10-15(4,5)18-16(6,7)11-12/h12,18H,8-11H2,1-7H3,(H,17,19). The maximum atomic E-state index is 11.6. The molecule has 4 nitrogen and oxygen atoms in total. The van der Waals surface area contributed by atoms with E-state index in [4.69, 9.17) is 4.74 Å². The number of ether oxygens (including phenoxy) is 1. The minimum Gasteiger partial charge on any atom is -0.444 e. The van der Waals surface area contributed by atoms with Gasteiger partial charge in [0.25, 0.3) is 0 Å². The summed E-state index contributed by atoms with van der Waals surface area (Å²) in [5.74, 6) is 0.635. The first-order chi connectivity index (χ1) is 8.89. The molecule has 0 unspecified atom stereocenters. The SMILES string of the molecule is CC1(C)CC(CCNC(=O)OC(C)(C)C)CC(C)(C)N1. The third kappa shape index (κ3) is 6.60. The molecule has 1 fully saturated rings. The van der Waals surface area contributed by atoms with Crippen molar-refractivity contribution in [3.8, 4) is 0 Å². The molecule has 4 heteroatoms. The number of hydrogen-bond acceptors (Lipinski definition) is 3. The molecule has 0 atom stereocenters. The first-order valence-electron chi connectivity index (χ1n) is 7.65. The third-order valence-corrected chi connectivity index (χ3v) is 3.50. The molecule has 0 radical (unpaired) electrons. The number of alkyl carbamates (subject to hydrolysis) is 1. The van der Waals surface area contributed by atoms with Crippen molar-refractivity contribution in [2.75, 3.05) is 6.54 Å². The van der Waals surface area contributed by atoms with Crippen molar-refractivity contribution >= 4 is 6.09 Å². The fraction of sp³-hybridized carbons (Fsp3) is 0.938. The average Bonchev–Trinajstić information content (AvgIpc) is 2.08. The first kappa shape index (κ1) is 17.3. The number of carbonyl (C=O) groups is 1. The van der Waals surface area contributed by atoms with E-state index in [2.05, 4.69) is 38.3 Å². The second kappa shape index (κ2) is 5.92. The Bertz CT molecular complexity index is 327. The van der Waals surface area contributed by atoms with Gasteiger partial charge in [-0.1, -0.05) is 0 Å². The van der Waals surface area contributed by atoms with Crippen LogP contribution in [-0.2, 0) is 4.74 Å². The molecule has 118 valence electrons. The highest BCUT2D eigenvalue weighted by molar-refractivity contribution is 5.67. The molecule has 1 amide bonds. The van der Waals surface area contributed by atoms with E-state index in [0.29, 0.717) is 12.5 Å². The van der Waals surface area contributed by atoms with E-state index in [1.165, 1.54) is 0 Å². The number of nitrogens with one attached hydrogen (secondary N) is 2. The van der Waals surface area contributed by atoms with Gasteiger partial charge in [0.2, 0.25) is 0 Å². The van der Waals surface area contributed by atoms with E-state index >= 15 is 0 Å². The molecule has 0 aliphatic carbocycles. The number of piperidine rings is 1. The van der Waals surface area contributed by atoms with Gasteiger partial charge in [-0.2, -0.15) is 0 Å². The lowest BCUT2D eigenvalue weighted by atomic mass is 9.75. The summed E-state index contributed by atoms with van der Waals surface area (Å²) in [5.41, 5.74) is -0.0977. The van der Waals surface area contributed by atoms with Gasteiger partial charge in [-0.3, -0.25) is 0 Å². The van der Waals surface area contributed by atoms with Gasteiger partial charge in [0.05, 0.1) is 0 Å². The molecule has 0 bridgehead atoms. The molecule has 0 saturated carbocycles. The number of carbonyl (C=O) groups excluding carboxylic acids is 1. The summed E-state index contributed by atoms with van der Waals surface area (Å²) >= 11 is 0. The Morgan fingerprint density at radius 3 is 2.15 bits per heavy atom. The highest BCUT2D eigenvalue weighted by Crippen LogP contribution is 2.34. The Labute approximate surface area is 124 Å². The molecule has 1 rings (SSSR count). The smallest absolute Gasteiger partial charge is 0.407 e. The van der Waals surface area contributed by atoms with Gasteiger partial charge in [0.15, 0.2) is 0 Å². The highest BCUT2D eigenvalue weighted by atomic mass is 16.6. The Morgan fingerprint density at radius 1 is 1.20 bits per heavy atom. The minimum absolute atomic E-state index is 0.165. The summed E-state index contributed by atoms with van der Waals surface area (Å²) in [6, 6.07) is 0. The Kier molecular flexibility index (Phi) is 5.12. The van der Waals surface area contributed by atoms with Crippen molar-refractivity contribution in [2.24, 2.45) is 5.92 Å². The summed E-state index contributed by atoms with van der Waals surface area (Å²) in [5, 5.41) is 6.54. The fourth-order valence-corrected chi connectivity index (χ4v) is 3.43. The van der Waals surface area contributed by atoms with Gasteiger partial charge in [-0.25, -0.2) is 4.79 Å². The maximum Gasteiger partial charge on any atom is 0.407 e. The Morgan fingerprint density at radius 2 is 1.70 bits per heavy atom. The van der Waals surface area contributed by atoms with E-state index in [9.17, 15) is 4.79 Å². The van der Waals surface area contributed by atoms with Crippen molar-refractivity contribution < 1.29 is 9.53 Å². The molecule has 0 aromatic carbocycles. The largest absolute Gasteiger partial charge is 0.444 e. The van der Waals surface area contributed by atoms with E-state index < -0.39 is 5.60 Å². The molecule has 20 heavy (non-hydrogen) atoms. The lowest BCUT2D eigenvalue weighted by Crippen LogP contribution is -2.58. The third-order valence-electron chi connectivity index (χ3n) is 3.50. The normalized spacial score (nSPS) is 22.4. The second-order valence-corrected chi connectivity index (χ2v) is 8.38. The van der Waals surface area contributed by atoms with Crippen LogP contribution in [0.25, 0.3) is 0 Å². The fourth-order valence-electron chi connectivity index (χ4n) is 3.43. The van der Waals surface area contributed by atoms with Crippen LogP contribution >= 0.6 is 0 Å². The summed E-state index contributed by atoms with van der Waals surface area (Å²) in [4.78, 5) is 11.6. The van der Waals surface area contributed by atoms with Crippen LogP contribution in [-0.4, -0.2) is 29.3 Å². The second-order valence-electron chi connectivity index (χ2n) is 8.38. The first-order valence-corrected chi connectivity index (χ1v) is 7.65. The average molecular weight is 284 g/mol. The number of hydrogen-bond donors (Lipinski definition) is 2. The van der Waals surface area contributed by atoms with Crippen LogP contribution in [0, 0.1) is 5.92 Å². The van der Waals surface area contributed by atoms with Crippen molar-refractivity contribution in [2.45, 2.75) is 84.4 Å². The van der Waals surface area contributed by atoms with Crippen LogP contribution in [0.4, 0.5) is 4.79 Å². The molecule has 1 saturated heterocycles. The molecule has 1 aliphatic heterocycles. The van der Waals surface area contributed by atoms with E-state index in [0.717, 1.165) is 19.3 Å².